The summed E-state index contributed by atoms with van der Waals surface area (Å²) in [6, 6.07) is 13.9. The van der Waals surface area contributed by atoms with E-state index in [2.05, 4.69) is 12.1 Å². The summed E-state index contributed by atoms with van der Waals surface area (Å²) < 4.78 is 38.3. The van der Waals surface area contributed by atoms with Crippen molar-refractivity contribution >= 4 is 17.5 Å². The van der Waals surface area contributed by atoms with Crippen molar-refractivity contribution in [1.29, 1.82) is 0 Å². The van der Waals surface area contributed by atoms with Crippen molar-refractivity contribution in [2.24, 2.45) is 5.92 Å². The van der Waals surface area contributed by atoms with E-state index in [4.69, 9.17) is 0 Å². The van der Waals surface area contributed by atoms with Gasteiger partial charge in [-0.05, 0) is 68.1 Å². The lowest BCUT2D eigenvalue weighted by Crippen LogP contribution is -2.46. The molecular weight excluding hydrogens is 393 g/mol. The molecular formula is C23H23F3N2O2. The van der Waals surface area contributed by atoms with Crippen LogP contribution in [0.2, 0.25) is 0 Å². The number of halogens is 3. The van der Waals surface area contributed by atoms with Crippen molar-refractivity contribution in [2.75, 3.05) is 18.0 Å². The zero-order chi connectivity index (χ0) is 21.3. The highest BCUT2D eigenvalue weighted by Gasteiger charge is 2.43. The molecule has 158 valence electrons. The number of piperidine rings is 1. The van der Waals surface area contributed by atoms with E-state index in [1.807, 2.05) is 23.1 Å². The molecule has 2 aliphatic rings. The smallest absolute Gasteiger partial charge is 0.292 e. The Balaban J connectivity index is 1.38. The average Bonchev–Trinajstić information content (AvgIpc) is 3.03. The van der Waals surface area contributed by atoms with E-state index in [1.165, 1.54) is 17.7 Å². The lowest BCUT2D eigenvalue weighted by atomic mass is 9.89. The second-order valence-electron chi connectivity index (χ2n) is 8.00. The first-order valence-electron chi connectivity index (χ1n) is 10.1. The van der Waals surface area contributed by atoms with Crippen LogP contribution >= 0.6 is 0 Å². The van der Waals surface area contributed by atoms with Crippen LogP contribution in [0.25, 0.3) is 0 Å². The molecule has 4 rings (SSSR count). The number of alkyl halides is 3. The number of nitrogens with zero attached hydrogens (tertiary/aromatic N) is 2. The van der Waals surface area contributed by atoms with Crippen molar-refractivity contribution in [3.63, 3.8) is 0 Å². The monoisotopic (exact) mass is 416 g/mol. The van der Waals surface area contributed by atoms with E-state index in [1.54, 1.807) is 0 Å². The fraction of sp³-hybridized carbons (Fsp3) is 0.391. The maximum atomic E-state index is 12.9. The highest BCUT2D eigenvalue weighted by atomic mass is 19.4. The van der Waals surface area contributed by atoms with Crippen LogP contribution in [0, 0.1) is 5.92 Å². The van der Waals surface area contributed by atoms with Crippen LogP contribution in [0.1, 0.15) is 30.4 Å². The van der Waals surface area contributed by atoms with Crippen LogP contribution in [0.5, 0.6) is 0 Å². The van der Waals surface area contributed by atoms with Crippen LogP contribution in [0.15, 0.2) is 54.6 Å². The van der Waals surface area contributed by atoms with E-state index in [-0.39, 0.29) is 23.9 Å². The maximum absolute atomic E-state index is 12.9. The van der Waals surface area contributed by atoms with Gasteiger partial charge >= 0.3 is 6.18 Å². The van der Waals surface area contributed by atoms with Gasteiger partial charge in [0.15, 0.2) is 0 Å². The summed E-state index contributed by atoms with van der Waals surface area (Å²) in [5.41, 5.74) is 0.693. The summed E-state index contributed by atoms with van der Waals surface area (Å²) in [5.74, 6) is -0.167. The lowest BCUT2D eigenvalue weighted by molar-refractivity contribution is -0.137. The summed E-state index contributed by atoms with van der Waals surface area (Å²) in [5, 5.41) is 0. The van der Waals surface area contributed by atoms with Gasteiger partial charge in [0.25, 0.3) is 5.91 Å². The minimum Gasteiger partial charge on any atom is -0.292 e. The average molecular weight is 416 g/mol. The van der Waals surface area contributed by atoms with Crippen molar-refractivity contribution in [2.45, 2.75) is 37.9 Å². The summed E-state index contributed by atoms with van der Waals surface area (Å²) in [4.78, 5) is 28.5. The van der Waals surface area contributed by atoms with Crippen LogP contribution < -0.4 is 4.90 Å². The van der Waals surface area contributed by atoms with Gasteiger partial charge in [0.05, 0.1) is 23.7 Å². The Morgan fingerprint density at radius 3 is 2.13 bits per heavy atom. The fourth-order valence-electron chi connectivity index (χ4n) is 4.39. The Hall–Kier alpha value is -2.67. The second-order valence-corrected chi connectivity index (χ2v) is 8.00. The summed E-state index contributed by atoms with van der Waals surface area (Å²) in [6.45, 7) is 1.48. The van der Waals surface area contributed by atoms with Gasteiger partial charge in [-0.2, -0.15) is 13.2 Å². The molecule has 2 aromatic carbocycles. The molecule has 0 aliphatic carbocycles. The number of amides is 2. The number of anilines is 1. The summed E-state index contributed by atoms with van der Waals surface area (Å²) in [6.07, 6.45) is -1.47. The zero-order valence-electron chi connectivity index (χ0n) is 16.4. The van der Waals surface area contributed by atoms with Gasteiger partial charge in [-0.1, -0.05) is 30.3 Å². The molecule has 2 saturated heterocycles. The van der Waals surface area contributed by atoms with Crippen LogP contribution in [0.3, 0.4) is 0 Å². The molecule has 1 atom stereocenters. The van der Waals surface area contributed by atoms with Gasteiger partial charge in [-0.25, -0.2) is 4.90 Å². The number of benzene rings is 2. The molecule has 0 saturated carbocycles. The van der Waals surface area contributed by atoms with Crippen molar-refractivity contribution in [3.05, 3.63) is 65.7 Å². The standard InChI is InChI=1S/C23H23F3N2O2/c24-23(25,26)18-6-8-19(9-7-18)28-21(29)15-20(22(28)30)27-12-10-17(11-13-27)14-16-4-2-1-3-5-16/h1-9,17,20H,10-15H2/t20-/m0/s1. The summed E-state index contributed by atoms with van der Waals surface area (Å²) >= 11 is 0. The van der Waals surface area contributed by atoms with Crippen molar-refractivity contribution < 1.29 is 22.8 Å². The SMILES string of the molecule is O=C1C[C@H](N2CCC(Cc3ccccc3)CC2)C(=O)N1c1ccc(C(F)(F)F)cc1. The number of carbonyl (C=O) groups is 2. The predicted octanol–water partition coefficient (Wildman–Crippen LogP) is 4.29. The molecule has 2 aromatic rings. The Morgan fingerprint density at radius 2 is 1.53 bits per heavy atom. The third-order valence-corrected chi connectivity index (χ3v) is 6.03. The molecule has 2 amide bonds. The lowest BCUT2D eigenvalue weighted by Gasteiger charge is -2.34. The molecule has 0 unspecified atom stereocenters. The van der Waals surface area contributed by atoms with E-state index in [9.17, 15) is 22.8 Å². The second kappa shape index (κ2) is 8.22. The molecule has 30 heavy (non-hydrogen) atoms. The molecule has 2 fully saturated rings. The zero-order valence-corrected chi connectivity index (χ0v) is 16.4. The normalized spacial score (nSPS) is 21.4. The van der Waals surface area contributed by atoms with Gasteiger partial charge in [0, 0.05) is 0 Å². The molecule has 0 aromatic heterocycles. The molecule has 7 heteroatoms. The number of hydrogen-bond acceptors (Lipinski definition) is 3. The third-order valence-electron chi connectivity index (χ3n) is 6.03. The first-order chi connectivity index (χ1) is 14.3. The Kier molecular flexibility index (Phi) is 5.64. The molecule has 0 spiro atoms. The first-order valence-corrected chi connectivity index (χ1v) is 10.1. The molecule has 0 bridgehead atoms. The molecule has 4 nitrogen and oxygen atoms in total. The minimum absolute atomic E-state index is 0.0726. The number of carbonyl (C=O) groups excluding carboxylic acids is 2. The van der Waals surface area contributed by atoms with Gasteiger partial charge < -0.3 is 0 Å². The Morgan fingerprint density at radius 1 is 0.900 bits per heavy atom. The van der Waals surface area contributed by atoms with E-state index in [0.717, 1.165) is 49.4 Å². The number of imide groups is 1. The number of hydrogen-bond donors (Lipinski definition) is 0. The van der Waals surface area contributed by atoms with Crippen molar-refractivity contribution in [3.8, 4) is 0 Å². The van der Waals surface area contributed by atoms with Gasteiger partial charge in [0.2, 0.25) is 5.91 Å². The van der Waals surface area contributed by atoms with Crippen LogP contribution in [-0.4, -0.2) is 35.8 Å². The highest BCUT2D eigenvalue weighted by molar-refractivity contribution is 6.22. The molecule has 0 radical (unpaired) electrons. The Labute approximate surface area is 173 Å². The highest BCUT2D eigenvalue weighted by Crippen LogP contribution is 2.33. The van der Waals surface area contributed by atoms with E-state index >= 15 is 0 Å². The first kappa shape index (κ1) is 20.6. The van der Waals surface area contributed by atoms with Crippen molar-refractivity contribution in [1.82, 2.24) is 4.90 Å². The molecule has 0 N–H and O–H groups in total. The fourth-order valence-corrected chi connectivity index (χ4v) is 4.39. The number of likely N-dealkylation sites (tertiary alicyclic amines) is 1. The number of rotatable bonds is 4. The Bertz CT molecular complexity index is 904. The molecule has 2 aliphatic heterocycles. The predicted molar refractivity (Wildman–Crippen MR) is 107 cm³/mol. The van der Waals surface area contributed by atoms with Gasteiger partial charge in [-0.15, -0.1) is 0 Å². The van der Waals surface area contributed by atoms with Crippen LogP contribution in [-0.2, 0) is 22.2 Å². The largest absolute Gasteiger partial charge is 0.416 e. The quantitative estimate of drug-likeness (QED) is 0.698. The van der Waals surface area contributed by atoms with E-state index in [0.29, 0.717) is 5.92 Å². The van der Waals surface area contributed by atoms with Gasteiger partial charge in [0.1, 0.15) is 0 Å². The minimum atomic E-state index is -4.45. The van der Waals surface area contributed by atoms with E-state index < -0.39 is 17.8 Å². The summed E-state index contributed by atoms with van der Waals surface area (Å²) in [7, 11) is 0. The third kappa shape index (κ3) is 4.26. The topological polar surface area (TPSA) is 40.6 Å². The van der Waals surface area contributed by atoms with Crippen LogP contribution in [0.4, 0.5) is 18.9 Å². The van der Waals surface area contributed by atoms with Gasteiger partial charge in [-0.3, -0.25) is 14.5 Å². The molecule has 2 heterocycles. The maximum Gasteiger partial charge on any atom is 0.416 e.